The molecule has 146 valence electrons. The Balaban J connectivity index is 2.08. The molecule has 0 aliphatic rings. The van der Waals surface area contributed by atoms with Gasteiger partial charge in [-0.15, -0.1) is 0 Å². The van der Waals surface area contributed by atoms with Crippen LogP contribution in [0.4, 0.5) is 0 Å². The van der Waals surface area contributed by atoms with Gasteiger partial charge in [0.15, 0.2) is 17.2 Å². The molecule has 0 aliphatic carbocycles. The topological polar surface area (TPSA) is 116 Å². The lowest BCUT2D eigenvalue weighted by atomic mass is 10.2. The number of nitrogens with zero attached hydrogens (tertiary/aromatic N) is 3. The molecule has 0 radical (unpaired) electrons. The molecule has 4 rings (SSSR count). The van der Waals surface area contributed by atoms with Gasteiger partial charge in [0.2, 0.25) is 0 Å². The molecule has 0 saturated carbocycles. The summed E-state index contributed by atoms with van der Waals surface area (Å²) in [6.07, 6.45) is 0. The van der Waals surface area contributed by atoms with Crippen LogP contribution in [0.1, 0.15) is 10.5 Å². The highest BCUT2D eigenvalue weighted by Gasteiger charge is 2.21. The smallest absolute Gasteiger partial charge is 0.332 e. The van der Waals surface area contributed by atoms with Crippen LogP contribution in [0.2, 0.25) is 5.02 Å². The Labute approximate surface area is 177 Å². The van der Waals surface area contributed by atoms with Gasteiger partial charge in [-0.3, -0.25) is 4.79 Å². The van der Waals surface area contributed by atoms with E-state index in [-0.39, 0.29) is 22.7 Å². The summed E-state index contributed by atoms with van der Waals surface area (Å²) >= 11 is 9.36. The molecule has 0 unspecified atom stereocenters. The van der Waals surface area contributed by atoms with Crippen molar-refractivity contribution in [2.75, 3.05) is 7.11 Å². The van der Waals surface area contributed by atoms with Gasteiger partial charge in [-0.2, -0.15) is 0 Å². The van der Waals surface area contributed by atoms with Gasteiger partial charge in [0, 0.05) is 9.50 Å². The van der Waals surface area contributed by atoms with E-state index in [1.54, 1.807) is 42.5 Å². The molecule has 4 aromatic rings. The molecule has 2 aromatic carbocycles. The fourth-order valence-corrected chi connectivity index (χ4v) is 3.46. The molecule has 2 heterocycles. The Morgan fingerprint density at radius 2 is 1.93 bits per heavy atom. The zero-order chi connectivity index (χ0) is 20.7. The Kier molecular flexibility index (Phi) is 4.85. The fourth-order valence-electron chi connectivity index (χ4n) is 2.97. The van der Waals surface area contributed by atoms with Gasteiger partial charge in [0.1, 0.15) is 11.3 Å². The van der Waals surface area contributed by atoms with Crippen LogP contribution < -0.4 is 16.2 Å². The summed E-state index contributed by atoms with van der Waals surface area (Å²) < 4.78 is 7.49. The van der Waals surface area contributed by atoms with E-state index in [1.807, 2.05) is 0 Å². The first-order chi connectivity index (χ1) is 13.9. The number of H-pyrrole nitrogens is 1. The number of ether oxygens (including phenoxy) is 1. The van der Waals surface area contributed by atoms with Gasteiger partial charge in [0.25, 0.3) is 5.91 Å². The number of aromatic amines is 1. The number of primary amides is 1. The van der Waals surface area contributed by atoms with Crippen molar-refractivity contribution in [3.8, 4) is 22.8 Å². The van der Waals surface area contributed by atoms with Gasteiger partial charge in [0.05, 0.1) is 18.4 Å². The van der Waals surface area contributed by atoms with Crippen molar-refractivity contribution < 1.29 is 9.53 Å². The number of nitrogens with one attached hydrogen (secondary N) is 1. The van der Waals surface area contributed by atoms with Crippen LogP contribution in [-0.4, -0.2) is 32.5 Å². The first kappa shape index (κ1) is 19.2. The summed E-state index contributed by atoms with van der Waals surface area (Å²) in [5.41, 5.74) is 6.34. The number of halogens is 2. The number of carbonyl (C=O) groups excluding carboxylic acids is 1. The molecule has 1 amide bonds. The molecule has 8 nitrogen and oxygen atoms in total. The van der Waals surface area contributed by atoms with E-state index in [0.717, 1.165) is 4.47 Å². The zero-order valence-electron chi connectivity index (χ0n) is 14.9. The van der Waals surface area contributed by atoms with Gasteiger partial charge in [-0.05, 0) is 42.5 Å². The first-order valence-corrected chi connectivity index (χ1v) is 9.48. The van der Waals surface area contributed by atoms with E-state index in [2.05, 4.69) is 30.9 Å². The second-order valence-electron chi connectivity index (χ2n) is 6.05. The number of hydrogen-bond donors (Lipinski definition) is 2. The second kappa shape index (κ2) is 7.34. The minimum absolute atomic E-state index is 0.100. The predicted molar refractivity (Wildman–Crippen MR) is 113 cm³/mol. The summed E-state index contributed by atoms with van der Waals surface area (Å²) in [5.74, 6) is -0.109. The molecule has 0 saturated heterocycles. The number of hydrogen-bond acceptors (Lipinski definition) is 5. The number of amides is 1. The summed E-state index contributed by atoms with van der Waals surface area (Å²) in [6, 6.07) is 11.9. The van der Waals surface area contributed by atoms with Gasteiger partial charge < -0.3 is 15.5 Å². The molecular formula is C19H13BrClN5O3. The van der Waals surface area contributed by atoms with Gasteiger partial charge in [-0.1, -0.05) is 27.5 Å². The Morgan fingerprint density at radius 1 is 1.21 bits per heavy atom. The number of imidazole rings is 1. The maximum atomic E-state index is 12.6. The third kappa shape index (κ3) is 3.39. The van der Waals surface area contributed by atoms with Crippen molar-refractivity contribution in [1.82, 2.24) is 19.5 Å². The highest BCUT2D eigenvalue weighted by Crippen LogP contribution is 2.32. The van der Waals surface area contributed by atoms with Gasteiger partial charge in [-0.25, -0.2) is 19.3 Å². The van der Waals surface area contributed by atoms with Crippen LogP contribution in [0.5, 0.6) is 5.75 Å². The lowest BCUT2D eigenvalue weighted by Crippen LogP contribution is -2.15. The van der Waals surface area contributed by atoms with E-state index >= 15 is 0 Å². The maximum absolute atomic E-state index is 12.6. The fraction of sp³-hybridized carbons (Fsp3) is 0.0526. The number of carbonyl (C=O) groups is 1. The zero-order valence-corrected chi connectivity index (χ0v) is 17.3. The van der Waals surface area contributed by atoms with Crippen molar-refractivity contribution in [1.29, 1.82) is 0 Å². The largest absolute Gasteiger partial charge is 0.496 e. The number of benzene rings is 2. The minimum atomic E-state index is -0.794. The van der Waals surface area contributed by atoms with E-state index in [4.69, 9.17) is 22.1 Å². The van der Waals surface area contributed by atoms with Crippen LogP contribution in [0.3, 0.4) is 0 Å². The predicted octanol–water partition coefficient (Wildman–Crippen LogP) is 3.30. The summed E-state index contributed by atoms with van der Waals surface area (Å²) in [5, 5.41) is 0.522. The molecule has 10 heteroatoms. The first-order valence-electron chi connectivity index (χ1n) is 8.31. The van der Waals surface area contributed by atoms with Crippen LogP contribution in [0.15, 0.2) is 51.7 Å². The molecular weight excluding hydrogens is 462 g/mol. The number of methoxy groups -OCH3 is 1. The van der Waals surface area contributed by atoms with Crippen molar-refractivity contribution in [2.45, 2.75) is 0 Å². The van der Waals surface area contributed by atoms with Crippen molar-refractivity contribution >= 4 is 44.6 Å². The quantitative estimate of drug-likeness (QED) is 0.471. The second-order valence-corrected chi connectivity index (χ2v) is 7.40. The molecule has 0 fully saturated rings. The standard InChI is InChI=1S/C19H13BrClN5O3/c1-29-13-7-2-9(20)8-12(13)17-23-14(16(22)27)15-18(25-17)26(19(28)24-15)11-5-3-10(21)4-6-11/h2-8H,1H3,(H2,22,27)(H,24,28). The van der Waals surface area contributed by atoms with Crippen LogP contribution in [0.25, 0.3) is 28.2 Å². The van der Waals surface area contributed by atoms with Gasteiger partial charge >= 0.3 is 5.69 Å². The van der Waals surface area contributed by atoms with Crippen LogP contribution >= 0.6 is 27.5 Å². The summed E-state index contributed by atoms with van der Waals surface area (Å²) in [7, 11) is 1.51. The molecule has 2 aromatic heterocycles. The van der Waals surface area contributed by atoms with E-state index < -0.39 is 11.6 Å². The van der Waals surface area contributed by atoms with E-state index in [9.17, 15) is 9.59 Å². The molecule has 0 atom stereocenters. The number of rotatable bonds is 4. The number of aromatic nitrogens is 4. The molecule has 0 spiro atoms. The number of nitrogens with two attached hydrogens (primary N) is 1. The lowest BCUT2D eigenvalue weighted by molar-refractivity contribution is 0.0997. The normalized spacial score (nSPS) is 11.0. The monoisotopic (exact) mass is 473 g/mol. The van der Waals surface area contributed by atoms with E-state index in [0.29, 0.717) is 22.0 Å². The Morgan fingerprint density at radius 3 is 2.59 bits per heavy atom. The highest BCUT2D eigenvalue weighted by molar-refractivity contribution is 9.10. The average molecular weight is 475 g/mol. The third-order valence-electron chi connectivity index (χ3n) is 4.26. The van der Waals surface area contributed by atoms with E-state index in [1.165, 1.54) is 11.7 Å². The van der Waals surface area contributed by atoms with Crippen molar-refractivity contribution in [2.24, 2.45) is 5.73 Å². The summed E-state index contributed by atoms with van der Waals surface area (Å²) in [4.78, 5) is 36.2. The number of fused-ring (bicyclic) bond motifs is 1. The SMILES string of the molecule is COc1ccc(Br)cc1-c1nc(C(N)=O)c2[nH]c(=O)n(-c3ccc(Cl)cc3)c2n1. The lowest BCUT2D eigenvalue weighted by Gasteiger charge is -2.10. The third-order valence-corrected chi connectivity index (χ3v) is 5.00. The average Bonchev–Trinajstić information content (AvgIpc) is 3.03. The Bertz CT molecular complexity index is 1310. The summed E-state index contributed by atoms with van der Waals surface area (Å²) in [6.45, 7) is 0. The Hall–Kier alpha value is -3.17. The molecule has 3 N–H and O–H groups in total. The van der Waals surface area contributed by atoms with Crippen molar-refractivity contribution in [3.05, 3.63) is 68.1 Å². The molecule has 0 aliphatic heterocycles. The maximum Gasteiger partial charge on any atom is 0.332 e. The molecule has 0 bridgehead atoms. The highest BCUT2D eigenvalue weighted by atomic mass is 79.9. The molecule has 29 heavy (non-hydrogen) atoms. The van der Waals surface area contributed by atoms with Crippen LogP contribution in [-0.2, 0) is 0 Å². The van der Waals surface area contributed by atoms with Crippen molar-refractivity contribution in [3.63, 3.8) is 0 Å². The minimum Gasteiger partial charge on any atom is -0.496 e. The van der Waals surface area contributed by atoms with Crippen LogP contribution in [0, 0.1) is 0 Å².